The van der Waals surface area contributed by atoms with Crippen LogP contribution in [0.4, 0.5) is 5.69 Å². The van der Waals surface area contributed by atoms with Crippen molar-refractivity contribution in [2.24, 2.45) is 5.73 Å². The molecule has 2 aliphatic rings. The number of benzene rings is 3. The molecule has 0 saturated carbocycles. The van der Waals surface area contributed by atoms with Gasteiger partial charge in [0.25, 0.3) is 0 Å². The molecule has 6 rings (SSSR count). The van der Waals surface area contributed by atoms with E-state index in [9.17, 15) is 10.1 Å². The van der Waals surface area contributed by atoms with Crippen molar-refractivity contribution < 1.29 is 9.53 Å². The normalized spacial score (nSPS) is 18.1. The average molecular weight is 514 g/mol. The summed E-state index contributed by atoms with van der Waals surface area (Å²) in [4.78, 5) is 16.2. The summed E-state index contributed by atoms with van der Waals surface area (Å²) in [6, 6.07) is 24.2. The number of halogens is 2. The lowest BCUT2D eigenvalue weighted by Crippen LogP contribution is -2.45. The van der Waals surface area contributed by atoms with Gasteiger partial charge in [-0.3, -0.25) is 9.89 Å². The molecule has 3 heterocycles. The highest BCUT2D eigenvalue weighted by atomic mass is 35.5. The zero-order valence-electron chi connectivity index (χ0n) is 18.6. The van der Waals surface area contributed by atoms with Crippen molar-refractivity contribution in [2.45, 2.75) is 12.0 Å². The Labute approximate surface area is 216 Å². The molecule has 0 fully saturated rings. The number of rotatable bonds is 3. The molecule has 0 saturated heterocycles. The Balaban J connectivity index is 1.62. The largest absolute Gasteiger partial charge is 0.420 e. The van der Waals surface area contributed by atoms with E-state index in [0.717, 1.165) is 11.1 Å². The molecule has 0 unspecified atom stereocenters. The number of H-pyrrole nitrogens is 1. The number of amides is 1. The first-order valence-electron chi connectivity index (χ1n) is 11.0. The molecule has 3 N–H and O–H groups in total. The number of anilines is 1. The van der Waals surface area contributed by atoms with Crippen molar-refractivity contribution in [3.05, 3.63) is 111 Å². The van der Waals surface area contributed by atoms with Gasteiger partial charge in [0.2, 0.25) is 17.7 Å². The number of nitrogens with two attached hydrogens (primary N) is 1. The summed E-state index contributed by atoms with van der Waals surface area (Å²) in [5, 5.41) is 18.5. The second-order valence-corrected chi connectivity index (χ2v) is 9.32. The van der Waals surface area contributed by atoms with Crippen LogP contribution < -0.4 is 15.4 Å². The first-order valence-corrected chi connectivity index (χ1v) is 11.8. The number of nitriles is 1. The minimum atomic E-state index is -1.54. The first-order chi connectivity index (χ1) is 17.5. The molecule has 0 aliphatic carbocycles. The van der Waals surface area contributed by atoms with E-state index < -0.39 is 5.41 Å². The van der Waals surface area contributed by atoms with Crippen molar-refractivity contribution in [1.82, 2.24) is 10.2 Å². The number of ether oxygens (including phenoxy) is 1. The fourth-order valence-electron chi connectivity index (χ4n) is 5.08. The van der Waals surface area contributed by atoms with E-state index in [0.29, 0.717) is 32.6 Å². The number of fused-ring (bicyclic) bond motifs is 4. The Morgan fingerprint density at radius 3 is 2.56 bits per heavy atom. The van der Waals surface area contributed by atoms with Crippen molar-refractivity contribution in [3.63, 3.8) is 0 Å². The number of nitrogens with zero attached hydrogens (tertiary/aromatic N) is 3. The van der Waals surface area contributed by atoms with Crippen LogP contribution >= 0.6 is 23.2 Å². The average Bonchev–Trinajstić information content (AvgIpc) is 3.41. The molecule has 0 radical (unpaired) electrons. The lowest BCUT2D eigenvalue weighted by Gasteiger charge is -2.33. The minimum Gasteiger partial charge on any atom is -0.420 e. The summed E-state index contributed by atoms with van der Waals surface area (Å²) >= 11 is 12.4. The van der Waals surface area contributed by atoms with Crippen LogP contribution in [0.15, 0.2) is 84.3 Å². The number of nitrogens with one attached hydrogen (secondary N) is 1. The van der Waals surface area contributed by atoms with Crippen molar-refractivity contribution in [1.29, 1.82) is 5.26 Å². The molecule has 3 aromatic carbocycles. The number of aromatic amines is 1. The van der Waals surface area contributed by atoms with Crippen LogP contribution in [0.2, 0.25) is 10.0 Å². The molecule has 36 heavy (non-hydrogen) atoms. The number of para-hydroxylation sites is 1. The zero-order valence-corrected chi connectivity index (χ0v) is 20.1. The molecular weight excluding hydrogens is 497 g/mol. The number of carbonyl (C=O) groups is 1. The zero-order chi connectivity index (χ0) is 25.0. The lowest BCUT2D eigenvalue weighted by molar-refractivity contribution is -0.121. The van der Waals surface area contributed by atoms with Crippen LogP contribution in [0.5, 0.6) is 5.88 Å². The van der Waals surface area contributed by atoms with Crippen LogP contribution in [0, 0.1) is 11.3 Å². The first kappa shape index (κ1) is 22.2. The van der Waals surface area contributed by atoms with Gasteiger partial charge < -0.3 is 15.4 Å². The van der Waals surface area contributed by atoms with Gasteiger partial charge in [-0.1, -0.05) is 77.8 Å². The molecule has 0 bridgehead atoms. The van der Waals surface area contributed by atoms with E-state index >= 15 is 0 Å². The summed E-state index contributed by atoms with van der Waals surface area (Å²) in [6.45, 7) is 0.210. The van der Waals surface area contributed by atoms with Crippen molar-refractivity contribution >= 4 is 34.8 Å². The molecule has 7 nitrogen and oxygen atoms in total. The van der Waals surface area contributed by atoms with Crippen molar-refractivity contribution in [3.8, 4) is 23.2 Å². The van der Waals surface area contributed by atoms with Crippen LogP contribution in [0.1, 0.15) is 16.7 Å². The Bertz CT molecular complexity index is 1620. The van der Waals surface area contributed by atoms with E-state index in [2.05, 4.69) is 16.3 Å². The number of hydrogen-bond acceptors (Lipinski definition) is 5. The van der Waals surface area contributed by atoms with Gasteiger partial charge in [-0.15, -0.1) is 5.10 Å². The number of aromatic nitrogens is 2. The molecule has 4 aromatic rings. The van der Waals surface area contributed by atoms with Crippen molar-refractivity contribution in [2.75, 3.05) is 4.90 Å². The third-order valence-corrected chi connectivity index (χ3v) is 7.34. The predicted octanol–water partition coefficient (Wildman–Crippen LogP) is 5.30. The second kappa shape index (κ2) is 8.16. The second-order valence-electron chi connectivity index (χ2n) is 8.50. The summed E-state index contributed by atoms with van der Waals surface area (Å²) in [5.74, 6) is -0.335. The highest BCUT2D eigenvalue weighted by Crippen LogP contribution is 2.57. The quantitative estimate of drug-likeness (QED) is 0.386. The highest BCUT2D eigenvalue weighted by molar-refractivity contribution is 6.42. The monoisotopic (exact) mass is 513 g/mol. The highest BCUT2D eigenvalue weighted by Gasteiger charge is 2.61. The molecule has 1 amide bonds. The summed E-state index contributed by atoms with van der Waals surface area (Å²) in [5.41, 5.74) is 8.59. The number of hydrogen-bond donors (Lipinski definition) is 2. The smallest absolute Gasteiger partial charge is 0.248 e. The molecular formula is C27H17Cl2N5O2. The molecule has 1 atom stereocenters. The van der Waals surface area contributed by atoms with Gasteiger partial charge in [0.15, 0.2) is 0 Å². The van der Waals surface area contributed by atoms with Gasteiger partial charge >= 0.3 is 0 Å². The standard InChI is InChI=1S/C27H17Cl2N5O2/c28-19-11-10-15(12-20(19)29)14-34-21-9-5-4-8-17(21)27(26(34)35)18(13-30)24(31)36-25-22(27)23(32-33-25)16-6-2-1-3-7-16/h1-12H,14,31H2,(H,32,33)/t27-/m0/s1. The lowest BCUT2D eigenvalue weighted by atomic mass is 9.68. The molecule has 2 aliphatic heterocycles. The maximum absolute atomic E-state index is 14.6. The topological polar surface area (TPSA) is 108 Å². The van der Waals surface area contributed by atoms with Crippen LogP contribution in [0.25, 0.3) is 11.3 Å². The maximum atomic E-state index is 14.6. The van der Waals surface area contributed by atoms with Gasteiger partial charge in [-0.05, 0) is 23.8 Å². The minimum absolute atomic E-state index is 0.0164. The van der Waals surface area contributed by atoms with E-state index in [1.54, 1.807) is 17.0 Å². The maximum Gasteiger partial charge on any atom is 0.248 e. The molecule has 9 heteroatoms. The van der Waals surface area contributed by atoms with E-state index in [1.165, 1.54) is 0 Å². The third kappa shape index (κ3) is 2.99. The fraction of sp³-hybridized carbons (Fsp3) is 0.0741. The van der Waals surface area contributed by atoms with E-state index in [-0.39, 0.29) is 29.8 Å². The van der Waals surface area contributed by atoms with Gasteiger partial charge in [0, 0.05) is 16.8 Å². The van der Waals surface area contributed by atoms with Gasteiger partial charge in [0.1, 0.15) is 17.1 Å². The summed E-state index contributed by atoms with van der Waals surface area (Å²) in [7, 11) is 0. The van der Waals surface area contributed by atoms with Crippen LogP contribution in [0.3, 0.4) is 0 Å². The van der Waals surface area contributed by atoms with E-state index in [1.807, 2.05) is 60.7 Å². The van der Waals surface area contributed by atoms with Gasteiger partial charge in [0.05, 0.1) is 27.8 Å². The number of carbonyl (C=O) groups excluding carboxylic acids is 1. The Morgan fingerprint density at radius 1 is 1.06 bits per heavy atom. The summed E-state index contributed by atoms with van der Waals surface area (Å²) in [6.07, 6.45) is 0. The molecule has 176 valence electrons. The van der Waals surface area contributed by atoms with Crippen LogP contribution in [-0.4, -0.2) is 16.1 Å². The summed E-state index contributed by atoms with van der Waals surface area (Å²) < 4.78 is 5.76. The predicted molar refractivity (Wildman–Crippen MR) is 136 cm³/mol. The van der Waals surface area contributed by atoms with Crippen LogP contribution in [-0.2, 0) is 16.8 Å². The Kier molecular flexibility index (Phi) is 5.04. The van der Waals surface area contributed by atoms with E-state index in [4.69, 9.17) is 33.7 Å². The fourth-order valence-corrected chi connectivity index (χ4v) is 5.40. The van der Waals surface area contributed by atoms with Gasteiger partial charge in [-0.25, -0.2) is 0 Å². The molecule has 1 aromatic heterocycles. The Hall–Kier alpha value is -4.25. The Morgan fingerprint density at radius 2 is 1.81 bits per heavy atom. The van der Waals surface area contributed by atoms with Gasteiger partial charge in [-0.2, -0.15) is 5.26 Å². The SMILES string of the molecule is N#CC1=C(N)Oc2n[nH]c(-c3ccccc3)c2[C@@]12C(=O)N(Cc1ccc(Cl)c(Cl)c1)c1ccccc12. The third-order valence-electron chi connectivity index (χ3n) is 6.60. The molecule has 1 spiro atoms.